The summed E-state index contributed by atoms with van der Waals surface area (Å²) in [5, 5.41) is 1.10. The topological polar surface area (TPSA) is 4.93 Å². The molecule has 3 rings (SSSR count). The zero-order valence-corrected chi connectivity index (χ0v) is 12.4. The van der Waals surface area contributed by atoms with E-state index in [1.54, 1.807) is 0 Å². The Morgan fingerprint density at radius 2 is 1.67 bits per heavy atom. The maximum Gasteiger partial charge on any atom is 0.416 e. The van der Waals surface area contributed by atoms with Crippen molar-refractivity contribution in [2.75, 3.05) is 0 Å². The largest absolute Gasteiger partial charge is 0.416 e. The maximum absolute atomic E-state index is 12.5. The Hall–Kier alpha value is -1.75. The summed E-state index contributed by atoms with van der Waals surface area (Å²) in [5.41, 5.74) is 1.26. The highest BCUT2D eigenvalue weighted by atomic mass is 79.9. The highest BCUT2D eigenvalue weighted by Gasteiger charge is 2.29. The lowest BCUT2D eigenvalue weighted by atomic mass is 10.1. The van der Waals surface area contributed by atoms with Crippen molar-refractivity contribution in [1.29, 1.82) is 0 Å². The van der Waals surface area contributed by atoms with Gasteiger partial charge in [-0.1, -0.05) is 34.1 Å². The van der Waals surface area contributed by atoms with Crippen LogP contribution in [0.25, 0.3) is 10.9 Å². The second-order valence-electron chi connectivity index (χ2n) is 4.84. The van der Waals surface area contributed by atoms with Gasteiger partial charge in [0.25, 0.3) is 0 Å². The molecule has 0 spiro atoms. The molecule has 0 radical (unpaired) electrons. The number of aromatic nitrogens is 1. The average Bonchev–Trinajstić information content (AvgIpc) is 2.81. The highest BCUT2D eigenvalue weighted by molar-refractivity contribution is 9.10. The molecule has 0 atom stereocenters. The molecular formula is C16H11BrF3N. The van der Waals surface area contributed by atoms with Gasteiger partial charge >= 0.3 is 6.18 Å². The summed E-state index contributed by atoms with van der Waals surface area (Å²) in [4.78, 5) is 0. The summed E-state index contributed by atoms with van der Waals surface area (Å²) in [7, 11) is 0. The van der Waals surface area contributed by atoms with Crippen LogP contribution in [-0.2, 0) is 12.7 Å². The summed E-state index contributed by atoms with van der Waals surface area (Å²) in [6, 6.07) is 13.2. The first-order valence-electron chi connectivity index (χ1n) is 6.34. The minimum absolute atomic E-state index is 0.540. The number of halogens is 4. The fraction of sp³-hybridized carbons (Fsp3) is 0.125. The first-order chi connectivity index (χ1) is 9.93. The summed E-state index contributed by atoms with van der Waals surface area (Å²) in [6.45, 7) is 0.540. The van der Waals surface area contributed by atoms with Crippen molar-refractivity contribution in [3.63, 3.8) is 0 Å². The minimum atomic E-state index is -4.29. The predicted molar refractivity (Wildman–Crippen MR) is 80.2 cm³/mol. The molecule has 0 amide bonds. The Labute approximate surface area is 128 Å². The predicted octanol–water partition coefficient (Wildman–Crippen LogP) is 5.47. The van der Waals surface area contributed by atoms with Crippen molar-refractivity contribution in [3.05, 3.63) is 70.3 Å². The van der Waals surface area contributed by atoms with Gasteiger partial charge in [0.2, 0.25) is 0 Å². The number of fused-ring (bicyclic) bond motifs is 1. The van der Waals surface area contributed by atoms with Gasteiger partial charge in [0.05, 0.1) is 5.56 Å². The molecule has 21 heavy (non-hydrogen) atoms. The number of rotatable bonds is 2. The van der Waals surface area contributed by atoms with Crippen LogP contribution < -0.4 is 0 Å². The molecule has 1 heterocycles. The number of hydrogen-bond donors (Lipinski definition) is 0. The van der Waals surface area contributed by atoms with E-state index >= 15 is 0 Å². The van der Waals surface area contributed by atoms with Crippen molar-refractivity contribution < 1.29 is 13.2 Å². The van der Waals surface area contributed by atoms with E-state index in [0.717, 1.165) is 33.1 Å². The molecule has 0 bridgehead atoms. The molecule has 0 aliphatic heterocycles. The molecule has 0 saturated carbocycles. The second kappa shape index (κ2) is 5.22. The number of benzene rings is 2. The Kier molecular flexibility index (Phi) is 3.53. The number of alkyl halides is 3. The van der Waals surface area contributed by atoms with Gasteiger partial charge in [-0.3, -0.25) is 0 Å². The Bertz CT molecular complexity index is 772. The molecule has 0 saturated heterocycles. The van der Waals surface area contributed by atoms with Crippen LogP contribution in [0.1, 0.15) is 11.1 Å². The minimum Gasteiger partial charge on any atom is -0.343 e. The fourth-order valence-electron chi connectivity index (χ4n) is 2.29. The van der Waals surface area contributed by atoms with Gasteiger partial charge in [0.15, 0.2) is 0 Å². The van der Waals surface area contributed by atoms with Gasteiger partial charge in [-0.05, 0) is 41.3 Å². The molecule has 5 heteroatoms. The molecule has 0 N–H and O–H groups in total. The van der Waals surface area contributed by atoms with Gasteiger partial charge in [-0.2, -0.15) is 13.2 Å². The van der Waals surface area contributed by atoms with E-state index in [9.17, 15) is 13.2 Å². The molecule has 3 aromatic rings. The first-order valence-corrected chi connectivity index (χ1v) is 7.13. The van der Waals surface area contributed by atoms with E-state index in [4.69, 9.17) is 0 Å². The van der Waals surface area contributed by atoms with Crippen LogP contribution in [0.15, 0.2) is 59.2 Å². The van der Waals surface area contributed by atoms with Crippen LogP contribution in [0.3, 0.4) is 0 Å². The van der Waals surface area contributed by atoms with Crippen LogP contribution in [0.5, 0.6) is 0 Å². The Balaban J connectivity index is 1.90. The second-order valence-corrected chi connectivity index (χ2v) is 5.76. The van der Waals surface area contributed by atoms with Gasteiger partial charge in [-0.25, -0.2) is 0 Å². The zero-order valence-electron chi connectivity index (χ0n) is 10.9. The molecule has 2 aromatic carbocycles. The number of hydrogen-bond acceptors (Lipinski definition) is 0. The summed E-state index contributed by atoms with van der Waals surface area (Å²) in [5.74, 6) is 0. The molecule has 0 unspecified atom stereocenters. The average molecular weight is 354 g/mol. The van der Waals surface area contributed by atoms with E-state index < -0.39 is 11.7 Å². The monoisotopic (exact) mass is 353 g/mol. The summed E-state index contributed by atoms with van der Waals surface area (Å²) in [6.07, 6.45) is -2.35. The third-order valence-electron chi connectivity index (χ3n) is 3.37. The number of nitrogens with zero attached hydrogens (tertiary/aromatic N) is 1. The third kappa shape index (κ3) is 2.97. The van der Waals surface area contributed by atoms with Crippen molar-refractivity contribution in [3.8, 4) is 0 Å². The zero-order chi connectivity index (χ0) is 15.0. The highest BCUT2D eigenvalue weighted by Crippen LogP contribution is 2.29. The van der Waals surface area contributed by atoms with E-state index in [1.165, 1.54) is 12.1 Å². The molecule has 108 valence electrons. The molecule has 0 fully saturated rings. The third-order valence-corrected chi connectivity index (χ3v) is 3.86. The molecule has 1 aromatic heterocycles. The van der Waals surface area contributed by atoms with Gasteiger partial charge in [-0.15, -0.1) is 0 Å². The molecule has 0 aliphatic carbocycles. The van der Waals surface area contributed by atoms with Crippen molar-refractivity contribution in [2.24, 2.45) is 0 Å². The smallest absolute Gasteiger partial charge is 0.343 e. The van der Waals surface area contributed by atoms with E-state index in [2.05, 4.69) is 15.9 Å². The van der Waals surface area contributed by atoms with Crippen LogP contribution in [0.2, 0.25) is 0 Å². The summed E-state index contributed by atoms with van der Waals surface area (Å²) < 4.78 is 40.6. The van der Waals surface area contributed by atoms with E-state index in [0.29, 0.717) is 6.54 Å². The van der Waals surface area contributed by atoms with Crippen LogP contribution in [0, 0.1) is 0 Å². The van der Waals surface area contributed by atoms with Crippen molar-refractivity contribution in [1.82, 2.24) is 4.57 Å². The van der Waals surface area contributed by atoms with E-state index in [-0.39, 0.29) is 0 Å². The first kappa shape index (κ1) is 14.2. The van der Waals surface area contributed by atoms with E-state index in [1.807, 2.05) is 35.0 Å². The lowest BCUT2D eigenvalue weighted by Crippen LogP contribution is -2.05. The normalized spacial score (nSPS) is 12.0. The Morgan fingerprint density at radius 3 is 2.33 bits per heavy atom. The lowest BCUT2D eigenvalue weighted by molar-refractivity contribution is -0.137. The molecular weight excluding hydrogens is 343 g/mol. The lowest BCUT2D eigenvalue weighted by Gasteiger charge is -2.09. The van der Waals surface area contributed by atoms with Gasteiger partial charge in [0.1, 0.15) is 0 Å². The molecule has 1 nitrogen and oxygen atoms in total. The molecule has 0 aliphatic rings. The SMILES string of the molecule is FC(F)(F)c1ccc(Cn2ccc3ccc(Br)cc32)cc1. The maximum atomic E-state index is 12.5. The fourth-order valence-corrected chi connectivity index (χ4v) is 2.64. The van der Waals surface area contributed by atoms with Crippen LogP contribution >= 0.6 is 15.9 Å². The Morgan fingerprint density at radius 1 is 0.952 bits per heavy atom. The van der Waals surface area contributed by atoms with Crippen LogP contribution in [-0.4, -0.2) is 4.57 Å². The van der Waals surface area contributed by atoms with Gasteiger partial charge in [0, 0.05) is 22.7 Å². The van der Waals surface area contributed by atoms with Crippen molar-refractivity contribution in [2.45, 2.75) is 12.7 Å². The quantitative estimate of drug-likeness (QED) is 0.575. The van der Waals surface area contributed by atoms with Gasteiger partial charge < -0.3 is 4.57 Å². The summed E-state index contributed by atoms with van der Waals surface area (Å²) >= 11 is 3.43. The van der Waals surface area contributed by atoms with Crippen LogP contribution in [0.4, 0.5) is 13.2 Å². The standard InChI is InChI=1S/C16H11BrF3N/c17-14-6-3-12-7-8-21(15(12)9-14)10-11-1-4-13(5-2-11)16(18,19)20/h1-9H,10H2. The van der Waals surface area contributed by atoms with Crippen molar-refractivity contribution >= 4 is 26.8 Å².